The number of hydrogen-bond donors (Lipinski definition) is 21. The normalized spacial score (nSPS) is 24.2. The van der Waals surface area contributed by atoms with Crippen molar-refractivity contribution in [3.05, 3.63) is 149 Å². The molecule has 15 amide bonds. The van der Waals surface area contributed by atoms with E-state index in [9.17, 15) is 102 Å². The van der Waals surface area contributed by atoms with E-state index in [1.54, 1.807) is 78.9 Å². The van der Waals surface area contributed by atoms with Crippen molar-refractivity contribution in [3.63, 3.8) is 0 Å². The first-order valence-corrected chi connectivity index (χ1v) is 43.7. The highest BCUT2D eigenvalue weighted by atomic mass is 32.2. The molecule has 40 nitrogen and oxygen atoms in total. The summed E-state index contributed by atoms with van der Waals surface area (Å²) in [5.41, 5.74) is 12.9. The highest BCUT2D eigenvalue weighted by Gasteiger charge is 2.41. The lowest BCUT2D eigenvalue weighted by Gasteiger charge is -2.33. The Hall–Kier alpha value is -12.9. The molecule has 0 saturated carbocycles. The molecule has 0 aliphatic carbocycles. The number of amides is 15. The number of carboxylic acid groups (broad SMARTS) is 4. The summed E-state index contributed by atoms with van der Waals surface area (Å²) in [7, 11) is 1.46. The van der Waals surface area contributed by atoms with Gasteiger partial charge >= 0.3 is 23.9 Å². The molecule has 0 unspecified atom stereocenters. The fraction of sp³-hybridized carbons (Fsp3) is 0.440. The maximum atomic E-state index is 15.3. The van der Waals surface area contributed by atoms with Crippen LogP contribution in [0.15, 0.2) is 115 Å². The second-order valence-electron chi connectivity index (χ2n) is 31.5. The lowest BCUT2D eigenvalue weighted by Crippen LogP contribution is -2.62. The van der Waals surface area contributed by atoms with Crippen LogP contribution in [0.3, 0.4) is 0 Å². The standard InChI is InChI=1S/C84H106N16O24S3/c1-42-71(112)92-58(33-64(85)102)78(119)90-53(23-25-65(103)104)73(114)95-57(32-50-17-12-16-49-15-10-11-18-52(49)50)75(116)88-43(2)72(113)99-63-41-127-38-48-28-46(27-47(29-48)37-126-40-62(87-6)81(122)89-42)36-125-39-61(70(86)111)98-83(124)69(84(3,4)5)100-80(121)60(35-68(109)110)97-77(118)56(31-45-19-21-51(101)22-20-45)93-76(117)55(30-44-13-8-7-9-14-44)94-79(120)59(34-67(107)108)96-74(115)54(91-82(63)123)24-26-66(105)106/h7-22,27-29,42-43,53-63,69,87,101H,23-26,30-41H2,1-6H3,(H2,85,102)(H2,86,111)(H,88,116)(H,89,122)(H,90,119)(H,91,123)(H,92,112)(H,93,117)(H,94,120)(H,95,114)(H,96,115)(H,97,118)(H,98,124)(H,99,113)(H,100,121)(H,103,104)(H,105,106)(H,107,108)(H,109,110)/t42-,43-,53+,54+,55+,56+,57+,58+,59+,60+,61+,62+,63+,69-/m1/s1. The summed E-state index contributed by atoms with van der Waals surface area (Å²) < 4.78 is 0. The summed E-state index contributed by atoms with van der Waals surface area (Å²) in [6.45, 7) is 7.02. The molecule has 0 spiro atoms. The minimum Gasteiger partial charge on any atom is -0.508 e. The number of nitrogens with two attached hydrogens (primary N) is 2. The number of aromatic hydroxyl groups is 1. The van der Waals surface area contributed by atoms with Crippen LogP contribution in [0.5, 0.6) is 5.75 Å². The zero-order chi connectivity index (χ0) is 93.5. The van der Waals surface area contributed by atoms with Crippen LogP contribution < -0.4 is 85.9 Å². The van der Waals surface area contributed by atoms with Crippen molar-refractivity contribution in [3.8, 4) is 5.75 Å². The molecule has 43 heteroatoms. The van der Waals surface area contributed by atoms with Crippen molar-refractivity contribution in [2.24, 2.45) is 16.9 Å². The van der Waals surface area contributed by atoms with Gasteiger partial charge in [0.05, 0.1) is 25.3 Å². The van der Waals surface area contributed by atoms with Crippen molar-refractivity contribution in [2.75, 3.05) is 24.3 Å². The van der Waals surface area contributed by atoms with Crippen LogP contribution in [0.4, 0.5) is 0 Å². The zero-order valence-corrected chi connectivity index (χ0v) is 72.7. The molecule has 0 aromatic heterocycles. The van der Waals surface area contributed by atoms with Crippen LogP contribution in [0.1, 0.15) is 113 Å². The van der Waals surface area contributed by atoms with Crippen molar-refractivity contribution < 1.29 is 117 Å². The van der Waals surface area contributed by atoms with E-state index >= 15 is 14.4 Å². The number of rotatable bonds is 20. The summed E-state index contributed by atoms with van der Waals surface area (Å²) in [5.74, 6) is -24.4. The number of thioether (sulfide) groups is 3. The molecular weight excluding hydrogens is 1710 g/mol. The second kappa shape index (κ2) is 48.5. The number of phenols is 1. The van der Waals surface area contributed by atoms with E-state index in [0.29, 0.717) is 38.6 Å². The molecule has 4 bridgehead atoms. The molecule has 0 saturated heterocycles. The van der Waals surface area contributed by atoms with Gasteiger partial charge in [-0.05, 0) is 95.4 Å². The molecule has 0 fully saturated rings. The van der Waals surface area contributed by atoms with E-state index in [0.717, 1.165) is 23.5 Å². The Balaban J connectivity index is 1.37. The van der Waals surface area contributed by atoms with Gasteiger partial charge in [-0.15, -0.1) is 0 Å². The van der Waals surface area contributed by atoms with E-state index in [1.807, 2.05) is 0 Å². The van der Waals surface area contributed by atoms with Crippen LogP contribution in [0.2, 0.25) is 0 Å². The minimum atomic E-state index is -2.20. The Bertz CT molecular complexity index is 4880. The number of benzene rings is 5. The summed E-state index contributed by atoms with van der Waals surface area (Å²) in [5, 5.41) is 86.9. The fourth-order valence-electron chi connectivity index (χ4n) is 13.4. The Morgan fingerprint density at radius 1 is 0.402 bits per heavy atom. The number of likely N-dealkylation sites (N-methyl/N-ethyl adjacent to an activating group) is 1. The minimum absolute atomic E-state index is 0.00437. The lowest BCUT2D eigenvalue weighted by molar-refractivity contribution is -0.142. The largest absolute Gasteiger partial charge is 0.508 e. The molecule has 5 aromatic carbocycles. The van der Waals surface area contributed by atoms with E-state index in [4.69, 9.17) is 11.5 Å². The molecule has 684 valence electrons. The highest BCUT2D eigenvalue weighted by Crippen LogP contribution is 2.27. The molecule has 7 rings (SSSR count). The first kappa shape index (κ1) is 101. The number of nitrogens with one attached hydrogen (secondary N) is 14. The maximum Gasteiger partial charge on any atom is 0.305 e. The summed E-state index contributed by atoms with van der Waals surface area (Å²) in [6, 6.07) is 5.64. The Kier molecular flexibility index (Phi) is 38.7. The van der Waals surface area contributed by atoms with Gasteiger partial charge in [-0.2, -0.15) is 35.3 Å². The Morgan fingerprint density at radius 3 is 1.30 bits per heavy atom. The van der Waals surface area contributed by atoms with Gasteiger partial charge in [-0.1, -0.05) is 124 Å². The Labute approximate surface area is 741 Å². The van der Waals surface area contributed by atoms with Gasteiger partial charge in [0, 0.05) is 66.6 Å². The third-order valence-electron chi connectivity index (χ3n) is 20.1. The number of hydrogen-bond acceptors (Lipinski definition) is 24. The first-order chi connectivity index (χ1) is 60.0. The summed E-state index contributed by atoms with van der Waals surface area (Å²) in [6.07, 6.45) is -7.75. The molecule has 2 aliphatic heterocycles. The molecule has 127 heavy (non-hydrogen) atoms. The van der Waals surface area contributed by atoms with Gasteiger partial charge < -0.3 is 111 Å². The maximum absolute atomic E-state index is 15.3. The van der Waals surface area contributed by atoms with Crippen molar-refractivity contribution >= 4 is 159 Å². The predicted octanol–water partition coefficient (Wildman–Crippen LogP) is -1.98. The number of carbonyl (C=O) groups excluding carboxylic acids is 15. The first-order valence-electron chi connectivity index (χ1n) is 40.2. The molecule has 0 radical (unpaired) electrons. The van der Waals surface area contributed by atoms with Crippen molar-refractivity contribution in [2.45, 2.75) is 201 Å². The third kappa shape index (κ3) is 32.9. The lowest BCUT2D eigenvalue weighted by atomic mass is 9.85. The van der Waals surface area contributed by atoms with Gasteiger partial charge in [0.15, 0.2) is 0 Å². The molecule has 5 aromatic rings. The van der Waals surface area contributed by atoms with E-state index in [2.05, 4.69) is 74.4 Å². The van der Waals surface area contributed by atoms with Crippen molar-refractivity contribution in [1.29, 1.82) is 0 Å². The zero-order valence-electron chi connectivity index (χ0n) is 70.2. The van der Waals surface area contributed by atoms with E-state index < -0.39 is 266 Å². The highest BCUT2D eigenvalue weighted by molar-refractivity contribution is 7.99. The average Bonchev–Trinajstić information content (AvgIpc) is 0.851. The summed E-state index contributed by atoms with van der Waals surface area (Å²) >= 11 is 3.31. The topological polar surface area (TPSA) is 646 Å². The molecular formula is C84H106N16O24S3. The fourth-order valence-corrected chi connectivity index (χ4v) is 16.4. The summed E-state index contributed by atoms with van der Waals surface area (Å²) in [4.78, 5) is 267. The number of fused-ring (bicyclic) bond motifs is 6. The van der Waals surface area contributed by atoms with Gasteiger partial charge in [0.1, 0.15) is 84.3 Å². The van der Waals surface area contributed by atoms with Crippen LogP contribution in [-0.2, 0) is 128 Å². The molecule has 14 atom stereocenters. The van der Waals surface area contributed by atoms with Crippen LogP contribution in [0, 0.1) is 5.41 Å². The Morgan fingerprint density at radius 2 is 0.803 bits per heavy atom. The predicted molar refractivity (Wildman–Crippen MR) is 465 cm³/mol. The second-order valence-corrected chi connectivity index (χ2v) is 34.6. The average molecular weight is 1820 g/mol. The number of carbonyl (C=O) groups is 19. The molecule has 23 N–H and O–H groups in total. The van der Waals surface area contributed by atoms with E-state index in [1.165, 1.54) is 89.8 Å². The number of aliphatic carboxylic acids is 4. The number of phenolic OH excluding ortho intramolecular Hbond substituents is 1. The smallest absolute Gasteiger partial charge is 0.305 e. The van der Waals surface area contributed by atoms with Crippen LogP contribution in [0.25, 0.3) is 10.8 Å². The third-order valence-corrected chi connectivity index (χ3v) is 23.5. The van der Waals surface area contributed by atoms with E-state index in [-0.39, 0.29) is 46.5 Å². The monoisotopic (exact) mass is 1820 g/mol. The van der Waals surface area contributed by atoms with Gasteiger partial charge in [0.25, 0.3) is 0 Å². The number of primary amides is 2. The van der Waals surface area contributed by atoms with Crippen LogP contribution >= 0.6 is 35.3 Å². The van der Waals surface area contributed by atoms with Gasteiger partial charge in [-0.3, -0.25) is 91.1 Å². The van der Waals surface area contributed by atoms with Gasteiger partial charge in [-0.25, -0.2) is 0 Å². The quantitative estimate of drug-likeness (QED) is 0.0401. The SMILES string of the molecule is CN[C@H]1CSCc2cc3cc(c2)CSC[C@H](NC(=O)[C@@H](C)NC(=O)[C@H](Cc2cccc4ccccc24)NC(=O)[C@H](CCC(=O)O)NC(=O)[C@H](CC(N)=O)NC(=O)[C@@H](C)NC1=O)C(=O)N[C@@H](CCC(=O)O)C(=O)N[C@@H](CC(=O)O)C(=O)N[C@@H](Cc1ccccc1)C(=O)N[C@@H](Cc1ccc(O)cc1)C(=O)N[C@@H](CC(=O)O)C(=O)N[C@@H](C(C)(C)C)C(=O)N[C@H](C(N)=O)CSC3. The van der Waals surface area contributed by atoms with Gasteiger partial charge in [0.2, 0.25) is 88.6 Å². The molecule has 2 aliphatic rings. The van der Waals surface area contributed by atoms with Crippen LogP contribution in [-0.4, -0.2) is 247 Å². The number of carboxylic acids is 4. The molecule has 2 heterocycles. The van der Waals surface area contributed by atoms with Crippen molar-refractivity contribution in [1.82, 2.24) is 74.4 Å².